The van der Waals surface area contributed by atoms with Crippen LogP contribution in [0.1, 0.15) is 32.4 Å². The Hall–Kier alpha value is -3.26. The van der Waals surface area contributed by atoms with E-state index in [1.807, 2.05) is 19.1 Å². The molecule has 0 bridgehead atoms. The van der Waals surface area contributed by atoms with Crippen molar-refractivity contribution in [2.75, 3.05) is 12.4 Å². The number of carbonyl (C=O) groups excluding carboxylic acids is 2. The monoisotopic (exact) mass is 402 g/mol. The average molecular weight is 403 g/mol. The largest absolute Gasteiger partial charge is 0.484 e. The van der Waals surface area contributed by atoms with E-state index in [9.17, 15) is 9.59 Å². The molecule has 3 rings (SSSR count). The summed E-state index contributed by atoms with van der Waals surface area (Å²) >= 11 is 6.14. The highest BCUT2D eigenvalue weighted by molar-refractivity contribution is 6.32. The van der Waals surface area contributed by atoms with Crippen LogP contribution in [0.15, 0.2) is 40.9 Å². The molecule has 0 aliphatic rings. The minimum absolute atomic E-state index is 0.0844. The fourth-order valence-corrected chi connectivity index (χ4v) is 2.85. The summed E-state index contributed by atoms with van der Waals surface area (Å²) in [6.45, 7) is 2.01. The second-order valence-electron chi connectivity index (χ2n) is 6.04. The molecule has 0 aliphatic heterocycles. The Morgan fingerprint density at radius 1 is 1.25 bits per heavy atom. The zero-order chi connectivity index (χ0) is 20.3. The number of hydrogen-bond acceptors (Lipinski definition) is 5. The second-order valence-corrected chi connectivity index (χ2v) is 6.45. The molecule has 2 amide bonds. The third kappa shape index (κ3) is 4.17. The molecule has 8 nitrogen and oxygen atoms in total. The Bertz CT molecular complexity index is 1000. The van der Waals surface area contributed by atoms with Gasteiger partial charge < -0.3 is 19.8 Å². The number of nitrogens with one attached hydrogen (secondary N) is 2. The van der Waals surface area contributed by atoms with E-state index in [4.69, 9.17) is 20.8 Å². The number of anilines is 1. The molecule has 3 aromatic rings. The highest BCUT2D eigenvalue weighted by Gasteiger charge is 2.19. The van der Waals surface area contributed by atoms with Crippen molar-refractivity contribution in [3.05, 3.63) is 64.3 Å². The number of hydrogen-bond donors (Lipinski definition) is 2. The van der Waals surface area contributed by atoms with Crippen LogP contribution in [0, 0.1) is 6.92 Å². The van der Waals surface area contributed by atoms with Crippen LogP contribution in [0.3, 0.4) is 0 Å². The summed E-state index contributed by atoms with van der Waals surface area (Å²) in [6.07, 6.45) is 1.54. The van der Waals surface area contributed by atoms with Gasteiger partial charge in [0.15, 0.2) is 11.5 Å². The number of aromatic nitrogens is 2. The summed E-state index contributed by atoms with van der Waals surface area (Å²) in [5.74, 6) is 0.207. The number of furan rings is 1. The molecule has 28 heavy (non-hydrogen) atoms. The molecular weight excluding hydrogens is 384 g/mol. The molecule has 2 heterocycles. The number of carbonyl (C=O) groups is 2. The number of halogens is 1. The van der Waals surface area contributed by atoms with Crippen molar-refractivity contribution < 1.29 is 18.7 Å². The lowest BCUT2D eigenvalue weighted by Gasteiger charge is -2.09. The predicted molar refractivity (Wildman–Crippen MR) is 104 cm³/mol. The van der Waals surface area contributed by atoms with E-state index < -0.39 is 11.8 Å². The van der Waals surface area contributed by atoms with Gasteiger partial charge in [0.25, 0.3) is 11.8 Å². The van der Waals surface area contributed by atoms with Crippen LogP contribution < -0.4 is 15.4 Å². The number of benzene rings is 1. The van der Waals surface area contributed by atoms with Gasteiger partial charge in [0, 0.05) is 20.3 Å². The van der Waals surface area contributed by atoms with Crippen LogP contribution in [-0.2, 0) is 13.7 Å². The molecule has 0 radical (unpaired) electrons. The van der Waals surface area contributed by atoms with Crippen LogP contribution in [0.5, 0.6) is 5.75 Å². The van der Waals surface area contributed by atoms with Gasteiger partial charge in [-0.25, -0.2) is 0 Å². The molecule has 1 aromatic carbocycles. The number of para-hydroxylation sites is 1. The van der Waals surface area contributed by atoms with Gasteiger partial charge in [-0.15, -0.1) is 0 Å². The Labute approximate surface area is 166 Å². The lowest BCUT2D eigenvalue weighted by atomic mass is 10.2. The quantitative estimate of drug-likeness (QED) is 0.659. The van der Waals surface area contributed by atoms with Crippen molar-refractivity contribution in [1.82, 2.24) is 15.1 Å². The second kappa shape index (κ2) is 8.18. The minimum atomic E-state index is -0.502. The molecule has 146 valence electrons. The van der Waals surface area contributed by atoms with Crippen LogP contribution in [0.25, 0.3) is 0 Å². The van der Waals surface area contributed by atoms with Gasteiger partial charge in [0.1, 0.15) is 18.1 Å². The van der Waals surface area contributed by atoms with Crippen LogP contribution in [0.4, 0.5) is 5.69 Å². The zero-order valence-electron chi connectivity index (χ0n) is 15.6. The Morgan fingerprint density at radius 2 is 2.04 bits per heavy atom. The highest BCUT2D eigenvalue weighted by Crippen LogP contribution is 2.28. The van der Waals surface area contributed by atoms with E-state index in [1.165, 1.54) is 24.0 Å². The normalized spacial score (nSPS) is 10.6. The van der Waals surface area contributed by atoms with Gasteiger partial charge >= 0.3 is 0 Å². The molecule has 0 aliphatic carbocycles. The first-order valence-corrected chi connectivity index (χ1v) is 8.80. The lowest BCUT2D eigenvalue weighted by Crippen LogP contribution is -2.21. The first-order chi connectivity index (χ1) is 13.4. The first-order valence-electron chi connectivity index (χ1n) is 8.42. The summed E-state index contributed by atoms with van der Waals surface area (Å²) in [7, 11) is 3.14. The number of nitrogens with zero attached hydrogens (tertiary/aromatic N) is 2. The Kier molecular flexibility index (Phi) is 5.70. The first kappa shape index (κ1) is 19.5. The van der Waals surface area contributed by atoms with Gasteiger partial charge in [-0.05, 0) is 30.7 Å². The molecule has 2 aromatic heterocycles. The smallest absolute Gasteiger partial charge is 0.291 e. The third-order valence-corrected chi connectivity index (χ3v) is 4.22. The molecule has 9 heteroatoms. The molecule has 0 spiro atoms. The molecule has 0 atom stereocenters. The van der Waals surface area contributed by atoms with Crippen molar-refractivity contribution in [3.8, 4) is 5.75 Å². The van der Waals surface area contributed by atoms with E-state index >= 15 is 0 Å². The maximum absolute atomic E-state index is 12.4. The van der Waals surface area contributed by atoms with Crippen LogP contribution >= 0.6 is 11.6 Å². The molecule has 0 saturated heterocycles. The van der Waals surface area contributed by atoms with E-state index in [1.54, 1.807) is 19.2 Å². The van der Waals surface area contributed by atoms with Gasteiger partial charge in [-0.3, -0.25) is 14.3 Å². The molecule has 2 N–H and O–H groups in total. The topological polar surface area (TPSA) is 98.4 Å². The maximum Gasteiger partial charge on any atom is 0.291 e. The third-order valence-electron chi connectivity index (χ3n) is 3.93. The molecule has 0 fully saturated rings. The summed E-state index contributed by atoms with van der Waals surface area (Å²) in [5, 5.41) is 9.65. The summed E-state index contributed by atoms with van der Waals surface area (Å²) in [4.78, 5) is 24.3. The zero-order valence-corrected chi connectivity index (χ0v) is 16.3. The van der Waals surface area contributed by atoms with Gasteiger partial charge in [0.2, 0.25) is 0 Å². The molecule has 0 unspecified atom stereocenters. The average Bonchev–Trinajstić information content (AvgIpc) is 3.27. The van der Waals surface area contributed by atoms with Crippen LogP contribution in [-0.4, -0.2) is 28.6 Å². The minimum Gasteiger partial charge on any atom is -0.484 e. The Morgan fingerprint density at radius 3 is 2.75 bits per heavy atom. The van der Waals surface area contributed by atoms with Gasteiger partial charge in [-0.1, -0.05) is 23.7 Å². The van der Waals surface area contributed by atoms with Gasteiger partial charge in [0.05, 0.1) is 10.7 Å². The van der Waals surface area contributed by atoms with Crippen molar-refractivity contribution in [3.63, 3.8) is 0 Å². The van der Waals surface area contributed by atoms with Crippen molar-refractivity contribution in [1.29, 1.82) is 0 Å². The maximum atomic E-state index is 12.4. The number of amides is 2. The van der Waals surface area contributed by atoms with Crippen molar-refractivity contribution in [2.24, 2.45) is 7.05 Å². The van der Waals surface area contributed by atoms with E-state index in [0.29, 0.717) is 16.5 Å². The summed E-state index contributed by atoms with van der Waals surface area (Å²) < 4.78 is 12.7. The summed E-state index contributed by atoms with van der Waals surface area (Å²) in [5.41, 5.74) is 1.30. The number of aryl methyl sites for hydroxylation is 2. The van der Waals surface area contributed by atoms with Crippen LogP contribution in [0.2, 0.25) is 5.02 Å². The molecular formula is C19H19ClN4O4. The SMILES string of the molecule is CNC(=O)c1nn(C)cc1NC(=O)c1ccc(COc2c(C)cccc2Cl)o1. The summed E-state index contributed by atoms with van der Waals surface area (Å²) in [6, 6.07) is 8.64. The van der Waals surface area contributed by atoms with Gasteiger partial charge in [-0.2, -0.15) is 5.10 Å². The fourth-order valence-electron chi connectivity index (χ4n) is 2.57. The fraction of sp³-hybridized carbons (Fsp3) is 0.211. The Balaban J connectivity index is 1.69. The van der Waals surface area contributed by atoms with Crippen molar-refractivity contribution in [2.45, 2.75) is 13.5 Å². The molecule has 0 saturated carbocycles. The van der Waals surface area contributed by atoms with E-state index in [-0.39, 0.29) is 23.7 Å². The highest BCUT2D eigenvalue weighted by atomic mass is 35.5. The lowest BCUT2D eigenvalue weighted by molar-refractivity contribution is 0.0958. The van der Waals surface area contributed by atoms with E-state index in [2.05, 4.69) is 15.7 Å². The number of ether oxygens (including phenoxy) is 1. The number of rotatable bonds is 6. The standard InChI is InChI=1S/C19H19ClN4O4/c1-11-5-4-6-13(20)17(11)27-10-12-7-8-15(28-12)18(25)22-14-9-24(3)23-16(14)19(26)21-2/h4-9H,10H2,1-3H3,(H,21,26)(H,22,25). The van der Waals surface area contributed by atoms with Crippen molar-refractivity contribution >= 4 is 29.1 Å². The predicted octanol–water partition coefficient (Wildman–Crippen LogP) is 3.17. The van der Waals surface area contributed by atoms with E-state index in [0.717, 1.165) is 5.56 Å².